The topological polar surface area (TPSA) is 72.8 Å². The predicted molar refractivity (Wildman–Crippen MR) is 64.0 cm³/mol. The summed E-state index contributed by atoms with van der Waals surface area (Å²) in [5.74, 6) is -1.12. The molecule has 1 N–H and O–H groups in total. The van der Waals surface area contributed by atoms with E-state index in [-0.39, 0.29) is 6.42 Å². The van der Waals surface area contributed by atoms with Crippen LogP contribution in [0.15, 0.2) is 30.3 Å². The number of esters is 2. The highest BCUT2D eigenvalue weighted by molar-refractivity contribution is 5.89. The maximum atomic E-state index is 11.7. The Labute approximate surface area is 105 Å². The van der Waals surface area contributed by atoms with E-state index in [1.54, 1.807) is 30.3 Å². The van der Waals surface area contributed by atoms with Gasteiger partial charge in [-0.1, -0.05) is 18.2 Å². The van der Waals surface area contributed by atoms with Crippen LogP contribution in [-0.2, 0) is 14.3 Å². The number of hydrogen-bond acceptors (Lipinski definition) is 5. The summed E-state index contributed by atoms with van der Waals surface area (Å²) in [6.45, 7) is 1.45. The molecule has 0 aliphatic heterocycles. The van der Waals surface area contributed by atoms with Crippen LogP contribution in [0.5, 0.6) is 0 Å². The third kappa shape index (κ3) is 4.18. The van der Waals surface area contributed by atoms with Gasteiger partial charge in [-0.3, -0.25) is 4.79 Å². The SMILES string of the molecule is COC(=O)C[C@H](OC(=O)c1ccccc1)[C@H](C)O. The smallest absolute Gasteiger partial charge is 0.338 e. The standard InChI is InChI=1S/C13H16O5/c1-9(14)11(8-12(15)17-2)18-13(16)10-6-4-3-5-7-10/h3-7,9,11,14H,8H2,1-2H3/t9-,11-/m0/s1. The second-order valence-electron chi connectivity index (χ2n) is 3.83. The molecule has 0 bridgehead atoms. The van der Waals surface area contributed by atoms with E-state index in [0.29, 0.717) is 5.56 Å². The van der Waals surface area contributed by atoms with Gasteiger partial charge in [0.05, 0.1) is 25.2 Å². The maximum absolute atomic E-state index is 11.7. The minimum atomic E-state index is -0.947. The average Bonchev–Trinajstić information content (AvgIpc) is 2.38. The number of carbonyl (C=O) groups is 2. The van der Waals surface area contributed by atoms with Crippen molar-refractivity contribution < 1.29 is 24.2 Å². The third-order valence-electron chi connectivity index (χ3n) is 2.40. The molecule has 18 heavy (non-hydrogen) atoms. The van der Waals surface area contributed by atoms with Crippen molar-refractivity contribution in [3.63, 3.8) is 0 Å². The Morgan fingerprint density at radius 3 is 2.39 bits per heavy atom. The van der Waals surface area contributed by atoms with Crippen molar-refractivity contribution in [1.29, 1.82) is 0 Å². The van der Waals surface area contributed by atoms with Crippen LogP contribution in [0.3, 0.4) is 0 Å². The van der Waals surface area contributed by atoms with Gasteiger partial charge in [0.2, 0.25) is 0 Å². The minimum Gasteiger partial charge on any atom is -0.469 e. The van der Waals surface area contributed by atoms with Crippen LogP contribution in [0, 0.1) is 0 Å². The molecule has 5 nitrogen and oxygen atoms in total. The van der Waals surface area contributed by atoms with Gasteiger partial charge in [-0.15, -0.1) is 0 Å². The molecule has 0 aliphatic carbocycles. The molecule has 0 saturated carbocycles. The second kappa shape index (κ2) is 6.76. The number of benzene rings is 1. The van der Waals surface area contributed by atoms with Crippen LogP contribution < -0.4 is 0 Å². The molecule has 1 aromatic carbocycles. The van der Waals surface area contributed by atoms with E-state index in [9.17, 15) is 14.7 Å². The molecular weight excluding hydrogens is 236 g/mol. The van der Waals surface area contributed by atoms with Gasteiger partial charge < -0.3 is 14.6 Å². The first kappa shape index (κ1) is 14.2. The Bertz CT molecular complexity index is 399. The normalized spacial score (nSPS) is 13.5. The zero-order chi connectivity index (χ0) is 13.5. The molecule has 98 valence electrons. The zero-order valence-corrected chi connectivity index (χ0v) is 10.3. The molecule has 0 aliphatic rings. The first-order chi connectivity index (χ1) is 8.54. The van der Waals surface area contributed by atoms with E-state index in [2.05, 4.69) is 4.74 Å². The highest BCUT2D eigenvalue weighted by Crippen LogP contribution is 2.10. The molecular formula is C13H16O5. The summed E-state index contributed by atoms with van der Waals surface area (Å²) in [5.41, 5.74) is 0.369. The Kier molecular flexibility index (Phi) is 5.32. The number of aliphatic hydroxyl groups excluding tert-OH is 1. The minimum absolute atomic E-state index is 0.174. The molecule has 0 fully saturated rings. The van der Waals surface area contributed by atoms with Crippen molar-refractivity contribution in [3.05, 3.63) is 35.9 Å². The highest BCUT2D eigenvalue weighted by atomic mass is 16.6. The van der Waals surface area contributed by atoms with Crippen LogP contribution in [0.4, 0.5) is 0 Å². The van der Waals surface area contributed by atoms with Crippen LogP contribution >= 0.6 is 0 Å². The summed E-state index contributed by atoms with van der Waals surface area (Å²) >= 11 is 0. The second-order valence-corrected chi connectivity index (χ2v) is 3.83. The van der Waals surface area contributed by atoms with Gasteiger partial charge in [0.15, 0.2) is 0 Å². The van der Waals surface area contributed by atoms with Crippen molar-refractivity contribution >= 4 is 11.9 Å². The molecule has 0 aromatic heterocycles. The summed E-state index contributed by atoms with van der Waals surface area (Å²) < 4.78 is 9.56. The van der Waals surface area contributed by atoms with Crippen molar-refractivity contribution in [2.75, 3.05) is 7.11 Å². The first-order valence-electron chi connectivity index (χ1n) is 5.55. The van der Waals surface area contributed by atoms with E-state index in [4.69, 9.17) is 4.74 Å². The largest absolute Gasteiger partial charge is 0.469 e. The van der Waals surface area contributed by atoms with Crippen LogP contribution in [0.2, 0.25) is 0 Å². The van der Waals surface area contributed by atoms with Gasteiger partial charge in [0, 0.05) is 0 Å². The average molecular weight is 252 g/mol. The zero-order valence-electron chi connectivity index (χ0n) is 10.3. The molecule has 1 aromatic rings. The molecule has 0 heterocycles. The van der Waals surface area contributed by atoms with Crippen LogP contribution in [0.1, 0.15) is 23.7 Å². The lowest BCUT2D eigenvalue weighted by Gasteiger charge is -2.19. The van der Waals surface area contributed by atoms with Gasteiger partial charge in [-0.25, -0.2) is 4.79 Å². The molecule has 0 saturated heterocycles. The number of aliphatic hydroxyl groups is 1. The van der Waals surface area contributed by atoms with Gasteiger partial charge in [0.25, 0.3) is 0 Å². The van der Waals surface area contributed by atoms with Crippen LogP contribution in [0.25, 0.3) is 0 Å². The molecule has 2 atom stereocenters. The fourth-order valence-corrected chi connectivity index (χ4v) is 1.34. The highest BCUT2D eigenvalue weighted by Gasteiger charge is 2.24. The fourth-order valence-electron chi connectivity index (χ4n) is 1.34. The molecule has 5 heteroatoms. The Morgan fingerprint density at radius 2 is 1.89 bits per heavy atom. The molecule has 0 radical (unpaired) electrons. The van der Waals surface area contributed by atoms with Gasteiger partial charge in [-0.05, 0) is 19.1 Å². The van der Waals surface area contributed by atoms with E-state index >= 15 is 0 Å². The summed E-state index contributed by atoms with van der Waals surface area (Å²) in [5, 5.41) is 9.47. The Balaban J connectivity index is 2.67. The Morgan fingerprint density at radius 1 is 1.28 bits per heavy atom. The number of ether oxygens (including phenoxy) is 2. The van der Waals surface area contributed by atoms with E-state index < -0.39 is 24.1 Å². The number of hydrogen-bond donors (Lipinski definition) is 1. The summed E-state index contributed by atoms with van der Waals surface area (Å²) in [6.07, 6.45) is -2.03. The van der Waals surface area contributed by atoms with E-state index in [1.165, 1.54) is 14.0 Å². The summed E-state index contributed by atoms with van der Waals surface area (Å²) in [4.78, 5) is 22.9. The lowest BCUT2D eigenvalue weighted by atomic mass is 10.1. The summed E-state index contributed by atoms with van der Waals surface area (Å²) in [6, 6.07) is 8.37. The number of rotatable bonds is 5. The quantitative estimate of drug-likeness (QED) is 0.796. The van der Waals surface area contributed by atoms with Crippen LogP contribution in [-0.4, -0.2) is 36.4 Å². The first-order valence-corrected chi connectivity index (χ1v) is 5.55. The molecule has 0 amide bonds. The third-order valence-corrected chi connectivity index (χ3v) is 2.40. The van der Waals surface area contributed by atoms with Gasteiger partial charge in [0.1, 0.15) is 6.10 Å². The van der Waals surface area contributed by atoms with E-state index in [1.807, 2.05) is 0 Å². The number of carbonyl (C=O) groups excluding carboxylic acids is 2. The molecule has 1 rings (SSSR count). The molecule has 0 spiro atoms. The lowest BCUT2D eigenvalue weighted by Crippen LogP contribution is -2.31. The lowest BCUT2D eigenvalue weighted by molar-refractivity contribution is -0.144. The number of methoxy groups -OCH3 is 1. The van der Waals surface area contributed by atoms with Crippen molar-refractivity contribution in [2.24, 2.45) is 0 Å². The van der Waals surface area contributed by atoms with E-state index in [0.717, 1.165) is 0 Å². The van der Waals surface area contributed by atoms with Crippen molar-refractivity contribution in [3.8, 4) is 0 Å². The van der Waals surface area contributed by atoms with Gasteiger partial charge in [-0.2, -0.15) is 0 Å². The fraction of sp³-hybridized carbons (Fsp3) is 0.385. The molecule has 0 unspecified atom stereocenters. The van der Waals surface area contributed by atoms with Crippen molar-refractivity contribution in [2.45, 2.75) is 25.6 Å². The monoisotopic (exact) mass is 252 g/mol. The van der Waals surface area contributed by atoms with Gasteiger partial charge >= 0.3 is 11.9 Å². The van der Waals surface area contributed by atoms with Crippen molar-refractivity contribution in [1.82, 2.24) is 0 Å². The Hall–Kier alpha value is -1.88. The predicted octanol–water partition coefficient (Wildman–Crippen LogP) is 1.16. The summed E-state index contributed by atoms with van der Waals surface area (Å²) in [7, 11) is 1.24. The maximum Gasteiger partial charge on any atom is 0.338 e.